The van der Waals surface area contributed by atoms with Gasteiger partial charge in [0.25, 0.3) is 0 Å². The average molecular weight is 222 g/mol. The van der Waals surface area contributed by atoms with Gasteiger partial charge in [-0.15, -0.1) is 0 Å². The van der Waals surface area contributed by atoms with Crippen molar-refractivity contribution in [2.75, 3.05) is 13.7 Å². The van der Waals surface area contributed by atoms with Gasteiger partial charge in [0.1, 0.15) is 11.5 Å². The maximum atomic E-state index is 10.9. The van der Waals surface area contributed by atoms with Gasteiger partial charge in [-0.1, -0.05) is 0 Å². The van der Waals surface area contributed by atoms with Crippen LogP contribution in [0.2, 0.25) is 0 Å². The first-order valence-corrected chi connectivity index (χ1v) is 4.89. The Bertz CT molecular complexity index is 396. The van der Waals surface area contributed by atoms with Crippen LogP contribution in [0.1, 0.15) is 12.5 Å². The van der Waals surface area contributed by atoms with Crippen LogP contribution in [0.4, 0.5) is 0 Å². The lowest BCUT2D eigenvalue weighted by atomic mass is 10.2. The summed E-state index contributed by atoms with van der Waals surface area (Å²) in [5.74, 6) is 0.259. The molecule has 0 aromatic heterocycles. The molecule has 4 nitrogen and oxygen atoms in total. The Morgan fingerprint density at radius 2 is 2.25 bits per heavy atom. The fraction of sp³-hybridized carbons (Fsp3) is 0.250. The monoisotopic (exact) mass is 222 g/mol. The fourth-order valence-corrected chi connectivity index (χ4v) is 1.15. The van der Waals surface area contributed by atoms with Crippen molar-refractivity contribution in [2.24, 2.45) is 0 Å². The lowest BCUT2D eigenvalue weighted by Gasteiger charge is -2.05. The number of hydrogen-bond acceptors (Lipinski definition) is 4. The molecule has 0 aliphatic heterocycles. The third-order valence-corrected chi connectivity index (χ3v) is 1.91. The van der Waals surface area contributed by atoms with E-state index in [0.29, 0.717) is 17.9 Å². The van der Waals surface area contributed by atoms with Crippen molar-refractivity contribution in [3.8, 4) is 11.5 Å². The van der Waals surface area contributed by atoms with Gasteiger partial charge >= 0.3 is 5.97 Å². The third-order valence-electron chi connectivity index (χ3n) is 1.91. The quantitative estimate of drug-likeness (QED) is 0.625. The summed E-state index contributed by atoms with van der Waals surface area (Å²) in [6.07, 6.45) is 2.72. The Labute approximate surface area is 94.1 Å². The summed E-state index contributed by atoms with van der Waals surface area (Å²) < 4.78 is 9.72. The van der Waals surface area contributed by atoms with Gasteiger partial charge in [0, 0.05) is 11.6 Å². The number of phenols is 1. The van der Waals surface area contributed by atoms with Gasteiger partial charge in [0.15, 0.2) is 0 Å². The Morgan fingerprint density at radius 1 is 1.50 bits per heavy atom. The molecule has 0 amide bonds. The van der Waals surface area contributed by atoms with Crippen LogP contribution in [0.25, 0.3) is 6.08 Å². The number of ether oxygens (including phenoxy) is 2. The summed E-state index contributed by atoms with van der Waals surface area (Å²) in [6, 6.07) is 4.83. The molecule has 16 heavy (non-hydrogen) atoms. The largest absolute Gasteiger partial charge is 0.507 e. The zero-order valence-electron chi connectivity index (χ0n) is 9.27. The second-order valence-corrected chi connectivity index (χ2v) is 3.01. The number of esters is 1. The molecule has 0 saturated heterocycles. The highest BCUT2D eigenvalue weighted by Crippen LogP contribution is 2.24. The summed E-state index contributed by atoms with van der Waals surface area (Å²) >= 11 is 0. The summed E-state index contributed by atoms with van der Waals surface area (Å²) in [5.41, 5.74) is 0.511. The van der Waals surface area contributed by atoms with Crippen molar-refractivity contribution < 1.29 is 19.4 Å². The van der Waals surface area contributed by atoms with Gasteiger partial charge in [-0.3, -0.25) is 0 Å². The van der Waals surface area contributed by atoms with Gasteiger partial charge in [0.05, 0.1) is 13.7 Å². The molecule has 1 aromatic rings. The van der Waals surface area contributed by atoms with Crippen molar-refractivity contribution in [3.05, 3.63) is 29.8 Å². The van der Waals surface area contributed by atoms with Crippen LogP contribution in [-0.2, 0) is 9.53 Å². The number of methoxy groups -OCH3 is 1. The van der Waals surface area contributed by atoms with Crippen molar-refractivity contribution in [1.82, 2.24) is 0 Å². The van der Waals surface area contributed by atoms with E-state index in [1.807, 2.05) is 6.92 Å². The van der Waals surface area contributed by atoms with Crippen LogP contribution in [0.15, 0.2) is 24.3 Å². The molecule has 1 N–H and O–H groups in total. The highest BCUT2D eigenvalue weighted by Gasteiger charge is 2.01. The lowest BCUT2D eigenvalue weighted by molar-refractivity contribution is -0.134. The minimum atomic E-state index is -0.471. The van der Waals surface area contributed by atoms with Crippen LogP contribution in [0.3, 0.4) is 0 Å². The maximum absolute atomic E-state index is 10.9. The van der Waals surface area contributed by atoms with E-state index in [1.165, 1.54) is 25.3 Å². The molecular formula is C12H14O4. The second-order valence-electron chi connectivity index (χ2n) is 3.01. The van der Waals surface area contributed by atoms with E-state index in [2.05, 4.69) is 4.74 Å². The highest BCUT2D eigenvalue weighted by atomic mass is 16.5. The molecule has 0 atom stereocenters. The number of phenolic OH excluding ortho intramolecular Hbond substituents is 1. The number of rotatable bonds is 4. The Balaban J connectivity index is 2.89. The van der Waals surface area contributed by atoms with Gasteiger partial charge in [0.2, 0.25) is 0 Å². The van der Waals surface area contributed by atoms with E-state index >= 15 is 0 Å². The molecule has 86 valence electrons. The normalized spacial score (nSPS) is 10.4. The van der Waals surface area contributed by atoms with E-state index in [9.17, 15) is 9.90 Å². The Morgan fingerprint density at radius 3 is 2.88 bits per heavy atom. The predicted octanol–water partition coefficient (Wildman–Crippen LogP) is 1.98. The van der Waals surface area contributed by atoms with Crippen LogP contribution < -0.4 is 4.74 Å². The molecule has 0 unspecified atom stereocenters. The van der Waals surface area contributed by atoms with Gasteiger partial charge in [-0.25, -0.2) is 4.79 Å². The van der Waals surface area contributed by atoms with E-state index in [4.69, 9.17) is 4.74 Å². The van der Waals surface area contributed by atoms with Crippen molar-refractivity contribution in [2.45, 2.75) is 6.92 Å². The molecule has 1 rings (SSSR count). The first kappa shape index (κ1) is 12.1. The first-order chi connectivity index (χ1) is 7.67. The van der Waals surface area contributed by atoms with Crippen LogP contribution in [0, 0.1) is 0 Å². The molecule has 0 heterocycles. The molecule has 0 saturated carbocycles. The zero-order chi connectivity index (χ0) is 12.0. The highest BCUT2D eigenvalue weighted by molar-refractivity contribution is 5.87. The number of carbonyl (C=O) groups excluding carboxylic acids is 1. The number of benzene rings is 1. The van der Waals surface area contributed by atoms with Gasteiger partial charge < -0.3 is 14.6 Å². The summed E-state index contributed by atoms with van der Waals surface area (Å²) in [4.78, 5) is 10.9. The molecule has 0 fully saturated rings. The zero-order valence-corrected chi connectivity index (χ0v) is 9.27. The summed E-state index contributed by atoms with van der Waals surface area (Å²) in [5, 5.41) is 9.53. The molecule has 4 heteroatoms. The minimum Gasteiger partial charge on any atom is -0.507 e. The van der Waals surface area contributed by atoms with E-state index in [-0.39, 0.29) is 5.75 Å². The van der Waals surface area contributed by atoms with Crippen LogP contribution in [-0.4, -0.2) is 24.8 Å². The van der Waals surface area contributed by atoms with Crippen molar-refractivity contribution in [3.63, 3.8) is 0 Å². The summed E-state index contributed by atoms with van der Waals surface area (Å²) in [6.45, 7) is 2.42. The average Bonchev–Trinajstić information content (AvgIpc) is 2.29. The third kappa shape index (κ3) is 3.31. The van der Waals surface area contributed by atoms with Gasteiger partial charge in [-0.2, -0.15) is 0 Å². The molecule has 0 radical (unpaired) electrons. The molecule has 0 spiro atoms. The summed E-state index contributed by atoms with van der Waals surface area (Å²) in [7, 11) is 1.29. The Hall–Kier alpha value is -1.97. The van der Waals surface area contributed by atoms with E-state index in [0.717, 1.165) is 0 Å². The topological polar surface area (TPSA) is 55.8 Å². The molecule has 1 aromatic carbocycles. The number of aromatic hydroxyl groups is 1. The van der Waals surface area contributed by atoms with Crippen LogP contribution in [0.5, 0.6) is 11.5 Å². The number of carbonyl (C=O) groups is 1. The maximum Gasteiger partial charge on any atom is 0.330 e. The molecule has 0 bridgehead atoms. The molecule has 0 aliphatic carbocycles. The van der Waals surface area contributed by atoms with E-state index in [1.54, 1.807) is 12.1 Å². The molecule has 0 aliphatic rings. The smallest absolute Gasteiger partial charge is 0.330 e. The van der Waals surface area contributed by atoms with Crippen molar-refractivity contribution in [1.29, 1.82) is 0 Å². The van der Waals surface area contributed by atoms with Gasteiger partial charge in [-0.05, 0) is 31.2 Å². The SMILES string of the molecule is CCOc1ccc(O)c(C=CC(=O)OC)c1. The standard InChI is InChI=1S/C12H14O4/c1-3-16-10-5-6-11(13)9(8-10)4-7-12(14)15-2/h4-8,13H,3H2,1-2H3. The Kier molecular flexibility index (Phi) is 4.39. The second kappa shape index (κ2) is 5.80. The van der Waals surface area contributed by atoms with Crippen LogP contribution >= 0.6 is 0 Å². The number of hydrogen-bond donors (Lipinski definition) is 1. The fourth-order valence-electron chi connectivity index (χ4n) is 1.15. The predicted molar refractivity (Wildman–Crippen MR) is 60.3 cm³/mol. The minimum absolute atomic E-state index is 0.0867. The first-order valence-electron chi connectivity index (χ1n) is 4.89. The molecular weight excluding hydrogens is 208 g/mol. The van der Waals surface area contributed by atoms with Crippen molar-refractivity contribution >= 4 is 12.0 Å². The van der Waals surface area contributed by atoms with E-state index < -0.39 is 5.97 Å². The lowest BCUT2D eigenvalue weighted by Crippen LogP contribution is -1.94.